The summed E-state index contributed by atoms with van der Waals surface area (Å²) in [6, 6.07) is 5.99. The molecule has 0 fully saturated rings. The maximum Gasteiger partial charge on any atom is 0.191 e. The van der Waals surface area contributed by atoms with Crippen LogP contribution in [0.4, 0.5) is 0 Å². The van der Waals surface area contributed by atoms with Gasteiger partial charge in [-0.15, -0.1) is 0 Å². The molecule has 1 aromatic rings. The molecule has 2 rings (SSSR count). The summed E-state index contributed by atoms with van der Waals surface area (Å²) in [5, 5.41) is 7.91. The second kappa shape index (κ2) is 5.61. The highest BCUT2D eigenvalue weighted by atomic mass is 35.5. The Morgan fingerprint density at radius 2 is 2.12 bits per heavy atom. The van der Waals surface area contributed by atoms with Gasteiger partial charge in [-0.25, -0.2) is 0 Å². The highest BCUT2D eigenvalue weighted by Crippen LogP contribution is 2.24. The van der Waals surface area contributed by atoms with Gasteiger partial charge in [-0.1, -0.05) is 29.3 Å². The summed E-state index contributed by atoms with van der Waals surface area (Å²) in [5.74, 6) is 0.862. The van der Waals surface area contributed by atoms with Crippen LogP contribution in [0, 0.1) is 0 Å². The number of nitrogens with zero attached hydrogens (tertiary/aromatic N) is 1. The molecular weight excluding hydrogens is 257 g/mol. The molecule has 1 unspecified atom stereocenters. The van der Waals surface area contributed by atoms with Gasteiger partial charge in [0.2, 0.25) is 0 Å². The van der Waals surface area contributed by atoms with E-state index in [4.69, 9.17) is 23.2 Å². The largest absolute Gasteiger partial charge is 0.356 e. The molecule has 3 nitrogen and oxygen atoms in total. The number of benzene rings is 1. The van der Waals surface area contributed by atoms with Gasteiger partial charge in [0.25, 0.3) is 0 Å². The summed E-state index contributed by atoms with van der Waals surface area (Å²) in [7, 11) is 0. The van der Waals surface area contributed by atoms with E-state index < -0.39 is 0 Å². The van der Waals surface area contributed by atoms with Crippen molar-refractivity contribution in [3.8, 4) is 0 Å². The van der Waals surface area contributed by atoms with E-state index in [2.05, 4.69) is 22.5 Å². The first kappa shape index (κ1) is 12.5. The van der Waals surface area contributed by atoms with E-state index in [9.17, 15) is 0 Å². The molecule has 1 aliphatic heterocycles. The average Bonchev–Trinajstić information content (AvgIpc) is 2.69. The Hall–Kier alpha value is -0.930. The molecule has 2 N–H and O–H groups in total. The van der Waals surface area contributed by atoms with Gasteiger partial charge in [-0.05, 0) is 31.0 Å². The van der Waals surface area contributed by atoms with E-state index in [0.29, 0.717) is 16.1 Å². The molecule has 0 saturated heterocycles. The van der Waals surface area contributed by atoms with Gasteiger partial charge in [0.05, 0.1) is 6.54 Å². The highest BCUT2D eigenvalue weighted by Gasteiger charge is 2.12. The standard InChI is InChI=1S/C12H15Cl2N3/c1-8-7-16-12(17-8)15-6-5-9-10(13)3-2-4-11(9)14/h2-4,8H,5-7H2,1H3,(H2,15,16,17). The third kappa shape index (κ3) is 3.27. The SMILES string of the molecule is CC1CN=C(NCCc2c(Cl)cccc2Cl)N1. The van der Waals surface area contributed by atoms with E-state index in [1.54, 1.807) is 0 Å². The lowest BCUT2D eigenvalue weighted by Gasteiger charge is -2.10. The van der Waals surface area contributed by atoms with Crippen molar-refractivity contribution in [1.29, 1.82) is 0 Å². The van der Waals surface area contributed by atoms with Crippen LogP contribution in [0.5, 0.6) is 0 Å². The van der Waals surface area contributed by atoms with Crippen molar-refractivity contribution >= 4 is 29.2 Å². The maximum absolute atomic E-state index is 6.09. The van der Waals surface area contributed by atoms with Gasteiger partial charge in [0.1, 0.15) is 0 Å². The maximum atomic E-state index is 6.09. The first-order valence-corrected chi connectivity index (χ1v) is 6.40. The van der Waals surface area contributed by atoms with Crippen LogP contribution in [-0.4, -0.2) is 25.1 Å². The van der Waals surface area contributed by atoms with Crippen LogP contribution >= 0.6 is 23.2 Å². The molecule has 0 aliphatic carbocycles. The minimum Gasteiger partial charge on any atom is -0.356 e. The van der Waals surface area contributed by atoms with E-state index in [0.717, 1.165) is 31.0 Å². The van der Waals surface area contributed by atoms with Gasteiger partial charge in [0, 0.05) is 22.6 Å². The Kier molecular flexibility index (Phi) is 4.13. The lowest BCUT2D eigenvalue weighted by molar-refractivity contribution is 0.712. The molecule has 5 heteroatoms. The molecular formula is C12H15Cl2N3. The van der Waals surface area contributed by atoms with E-state index in [1.807, 2.05) is 18.2 Å². The molecule has 17 heavy (non-hydrogen) atoms. The summed E-state index contributed by atoms with van der Waals surface area (Å²) in [6.07, 6.45) is 0.785. The molecule has 0 amide bonds. The molecule has 1 aliphatic rings. The van der Waals surface area contributed by atoms with Crippen LogP contribution in [0.3, 0.4) is 0 Å². The number of hydrogen-bond acceptors (Lipinski definition) is 3. The molecule has 1 atom stereocenters. The Bertz CT molecular complexity index is 412. The van der Waals surface area contributed by atoms with Crippen LogP contribution in [0.15, 0.2) is 23.2 Å². The predicted octanol–water partition coefficient (Wildman–Crippen LogP) is 2.47. The lowest BCUT2D eigenvalue weighted by atomic mass is 10.1. The first-order valence-electron chi connectivity index (χ1n) is 5.64. The summed E-state index contributed by atoms with van der Waals surface area (Å²) in [4.78, 5) is 4.32. The highest BCUT2D eigenvalue weighted by molar-refractivity contribution is 6.35. The molecule has 1 aromatic carbocycles. The van der Waals surface area contributed by atoms with E-state index >= 15 is 0 Å². The minimum atomic E-state index is 0.418. The molecule has 92 valence electrons. The summed E-state index contributed by atoms with van der Waals surface area (Å²) >= 11 is 12.2. The normalized spacial score (nSPS) is 18.8. The first-order chi connectivity index (χ1) is 8.16. The molecule has 0 radical (unpaired) electrons. The molecule has 1 heterocycles. The van der Waals surface area contributed by atoms with Crippen LogP contribution in [0.2, 0.25) is 10.0 Å². The van der Waals surface area contributed by atoms with Crippen molar-refractivity contribution in [3.05, 3.63) is 33.8 Å². The van der Waals surface area contributed by atoms with Crippen molar-refractivity contribution in [2.24, 2.45) is 4.99 Å². The fourth-order valence-corrected chi connectivity index (χ4v) is 2.32. The number of aliphatic imine (C=N–C) groups is 1. The molecule has 0 spiro atoms. The Morgan fingerprint density at radius 1 is 1.41 bits per heavy atom. The van der Waals surface area contributed by atoms with Gasteiger partial charge in [-0.3, -0.25) is 4.99 Å². The van der Waals surface area contributed by atoms with Gasteiger partial charge in [0.15, 0.2) is 5.96 Å². The van der Waals surface area contributed by atoms with Crippen molar-refractivity contribution in [2.75, 3.05) is 13.1 Å². The second-order valence-corrected chi connectivity index (χ2v) is 4.93. The third-order valence-corrected chi connectivity index (χ3v) is 3.34. The third-order valence-electron chi connectivity index (χ3n) is 2.64. The summed E-state index contributed by atoms with van der Waals surface area (Å²) in [6.45, 7) is 3.69. The molecule has 0 saturated carbocycles. The Labute approximate surface area is 111 Å². The van der Waals surface area contributed by atoms with Gasteiger partial charge < -0.3 is 10.6 Å². The molecule has 0 bridgehead atoms. The number of guanidine groups is 1. The van der Waals surface area contributed by atoms with Gasteiger partial charge >= 0.3 is 0 Å². The van der Waals surface area contributed by atoms with Crippen molar-refractivity contribution in [1.82, 2.24) is 10.6 Å². The van der Waals surface area contributed by atoms with E-state index in [1.165, 1.54) is 0 Å². The summed E-state index contributed by atoms with van der Waals surface area (Å²) < 4.78 is 0. The number of hydrogen-bond donors (Lipinski definition) is 2. The lowest BCUT2D eigenvalue weighted by Crippen LogP contribution is -2.38. The smallest absolute Gasteiger partial charge is 0.191 e. The van der Waals surface area contributed by atoms with Crippen LogP contribution in [-0.2, 0) is 6.42 Å². The topological polar surface area (TPSA) is 36.4 Å². The zero-order valence-corrected chi connectivity index (χ0v) is 11.1. The zero-order valence-electron chi connectivity index (χ0n) is 9.63. The summed E-state index contributed by atoms with van der Waals surface area (Å²) in [5.41, 5.74) is 0.981. The Morgan fingerprint density at radius 3 is 2.71 bits per heavy atom. The zero-order chi connectivity index (χ0) is 12.3. The molecule has 0 aromatic heterocycles. The minimum absolute atomic E-state index is 0.418. The van der Waals surface area contributed by atoms with Crippen LogP contribution < -0.4 is 10.6 Å². The van der Waals surface area contributed by atoms with Crippen molar-refractivity contribution in [3.63, 3.8) is 0 Å². The van der Waals surface area contributed by atoms with Crippen LogP contribution in [0.25, 0.3) is 0 Å². The van der Waals surface area contributed by atoms with Crippen LogP contribution in [0.1, 0.15) is 12.5 Å². The number of nitrogens with one attached hydrogen (secondary N) is 2. The van der Waals surface area contributed by atoms with E-state index in [-0.39, 0.29) is 0 Å². The fraction of sp³-hybridized carbons (Fsp3) is 0.417. The van der Waals surface area contributed by atoms with Crippen molar-refractivity contribution < 1.29 is 0 Å². The fourth-order valence-electron chi connectivity index (χ4n) is 1.74. The van der Waals surface area contributed by atoms with Gasteiger partial charge in [-0.2, -0.15) is 0 Å². The second-order valence-electron chi connectivity index (χ2n) is 4.11. The number of rotatable bonds is 3. The average molecular weight is 272 g/mol. The predicted molar refractivity (Wildman–Crippen MR) is 73.1 cm³/mol. The number of halogens is 2. The van der Waals surface area contributed by atoms with Crippen molar-refractivity contribution in [2.45, 2.75) is 19.4 Å². The monoisotopic (exact) mass is 271 g/mol. The quantitative estimate of drug-likeness (QED) is 0.886. The Balaban J connectivity index is 1.86.